The predicted molar refractivity (Wildman–Crippen MR) is 93.7 cm³/mol. The number of phenols is 2. The smallest absolute Gasteiger partial charge is 0.270 e. The van der Waals surface area contributed by atoms with E-state index in [0.29, 0.717) is 10.9 Å². The zero-order valence-corrected chi connectivity index (χ0v) is 13.4. The second-order valence-corrected chi connectivity index (χ2v) is 6.03. The number of nitrogens with zero attached hydrogens (tertiary/aromatic N) is 2. The monoisotopic (exact) mass is 357 g/mol. The van der Waals surface area contributed by atoms with E-state index in [1.807, 2.05) is 0 Å². The largest absolute Gasteiger partial charge is 0.508 e. The number of aliphatic imine (C=N–C) groups is 1. The van der Waals surface area contributed by atoms with Crippen molar-refractivity contribution in [3.63, 3.8) is 0 Å². The zero-order chi connectivity index (χ0) is 18.0. The lowest BCUT2D eigenvalue weighted by Gasteiger charge is -2.00. The first-order chi connectivity index (χ1) is 11.9. The minimum absolute atomic E-state index is 0.0495. The molecule has 25 heavy (non-hydrogen) atoms. The van der Waals surface area contributed by atoms with E-state index in [9.17, 15) is 25.1 Å². The van der Waals surface area contributed by atoms with Crippen LogP contribution in [0.1, 0.15) is 5.56 Å². The van der Waals surface area contributed by atoms with Crippen molar-refractivity contribution >= 4 is 40.3 Å². The van der Waals surface area contributed by atoms with Gasteiger partial charge in [0.15, 0.2) is 5.17 Å². The molecule has 0 radical (unpaired) electrons. The molecule has 1 aliphatic heterocycles. The van der Waals surface area contributed by atoms with Crippen molar-refractivity contribution < 1.29 is 19.9 Å². The molecule has 1 fully saturated rings. The molecule has 9 heteroatoms. The molecule has 0 aromatic heterocycles. The standard InChI is InChI=1S/C16H11N3O5S/c20-12-3-1-2-10(8-12)17-16-18-15(22)14(25-16)7-9-6-11(19(23)24)4-5-13(9)21/h1-8,20-21H,(H,17,18,22)/b14-7-. The zero-order valence-electron chi connectivity index (χ0n) is 12.5. The third-order valence-electron chi connectivity index (χ3n) is 3.22. The number of thioether (sulfide) groups is 1. The Kier molecular flexibility index (Phi) is 4.40. The topological polar surface area (TPSA) is 125 Å². The maximum atomic E-state index is 12.0. The van der Waals surface area contributed by atoms with Crippen LogP contribution in [0.2, 0.25) is 0 Å². The van der Waals surface area contributed by atoms with Crippen LogP contribution in [0, 0.1) is 10.1 Å². The van der Waals surface area contributed by atoms with Gasteiger partial charge in [-0.2, -0.15) is 0 Å². The lowest BCUT2D eigenvalue weighted by atomic mass is 10.1. The Hall–Kier alpha value is -3.33. The number of nitro benzene ring substituents is 1. The second-order valence-electron chi connectivity index (χ2n) is 5.00. The average Bonchev–Trinajstić information content (AvgIpc) is 2.88. The van der Waals surface area contributed by atoms with Gasteiger partial charge in [0.25, 0.3) is 11.6 Å². The van der Waals surface area contributed by atoms with Gasteiger partial charge in [-0.05, 0) is 36.0 Å². The molecule has 0 spiro atoms. The fourth-order valence-electron chi connectivity index (χ4n) is 2.07. The Labute approximate surface area is 145 Å². The summed E-state index contributed by atoms with van der Waals surface area (Å²) in [7, 11) is 0. The third kappa shape index (κ3) is 3.78. The highest BCUT2D eigenvalue weighted by Crippen LogP contribution is 2.32. The van der Waals surface area contributed by atoms with E-state index in [-0.39, 0.29) is 27.7 Å². The summed E-state index contributed by atoms with van der Waals surface area (Å²) in [5, 5.41) is 32.9. The van der Waals surface area contributed by atoms with Gasteiger partial charge in [0.1, 0.15) is 11.5 Å². The number of rotatable bonds is 3. The summed E-state index contributed by atoms with van der Waals surface area (Å²) in [6.07, 6.45) is 1.35. The molecular weight excluding hydrogens is 346 g/mol. The van der Waals surface area contributed by atoms with Gasteiger partial charge in [-0.25, -0.2) is 4.99 Å². The number of hydrogen-bond acceptors (Lipinski definition) is 7. The molecule has 1 heterocycles. The van der Waals surface area contributed by atoms with Crippen LogP contribution in [-0.4, -0.2) is 26.2 Å². The predicted octanol–water partition coefficient (Wildman–Crippen LogP) is 2.90. The van der Waals surface area contributed by atoms with Crippen LogP contribution >= 0.6 is 11.8 Å². The molecule has 2 aromatic rings. The van der Waals surface area contributed by atoms with Gasteiger partial charge in [0.05, 0.1) is 15.5 Å². The van der Waals surface area contributed by atoms with Gasteiger partial charge in [0, 0.05) is 23.8 Å². The quantitative estimate of drug-likeness (QED) is 0.441. The van der Waals surface area contributed by atoms with Crippen LogP contribution in [0.5, 0.6) is 11.5 Å². The van der Waals surface area contributed by atoms with E-state index >= 15 is 0 Å². The van der Waals surface area contributed by atoms with Crippen molar-refractivity contribution in [1.82, 2.24) is 5.32 Å². The van der Waals surface area contributed by atoms with E-state index in [2.05, 4.69) is 10.3 Å². The minimum Gasteiger partial charge on any atom is -0.508 e. The highest BCUT2D eigenvalue weighted by Gasteiger charge is 2.24. The van der Waals surface area contributed by atoms with Crippen LogP contribution in [0.3, 0.4) is 0 Å². The molecule has 1 amide bonds. The van der Waals surface area contributed by atoms with E-state index < -0.39 is 10.8 Å². The number of non-ortho nitro benzene ring substituents is 1. The Morgan fingerprint density at radius 2 is 2.00 bits per heavy atom. The summed E-state index contributed by atoms with van der Waals surface area (Å²) in [6.45, 7) is 0. The molecule has 3 N–H and O–H groups in total. The van der Waals surface area contributed by atoms with Gasteiger partial charge in [-0.3, -0.25) is 14.9 Å². The van der Waals surface area contributed by atoms with Crippen molar-refractivity contribution in [3.05, 3.63) is 63.0 Å². The van der Waals surface area contributed by atoms with Crippen LogP contribution in [0.25, 0.3) is 6.08 Å². The Morgan fingerprint density at radius 1 is 1.20 bits per heavy atom. The fourth-order valence-corrected chi connectivity index (χ4v) is 2.91. The number of nitro groups is 1. The fraction of sp³-hybridized carbons (Fsp3) is 0. The third-order valence-corrected chi connectivity index (χ3v) is 4.13. The number of benzene rings is 2. The highest BCUT2D eigenvalue weighted by atomic mass is 32.2. The number of carbonyl (C=O) groups excluding carboxylic acids is 1. The van der Waals surface area contributed by atoms with Crippen molar-refractivity contribution in [3.8, 4) is 11.5 Å². The molecular formula is C16H11N3O5S. The SMILES string of the molecule is O=C1NC(=Nc2cccc(O)c2)S/C1=C\c1cc([N+](=O)[O-])ccc1O. The number of carbonyl (C=O) groups is 1. The van der Waals surface area contributed by atoms with Gasteiger partial charge < -0.3 is 15.5 Å². The summed E-state index contributed by atoms with van der Waals surface area (Å²) in [6, 6.07) is 9.77. The van der Waals surface area contributed by atoms with Gasteiger partial charge in [-0.1, -0.05) is 6.07 Å². The van der Waals surface area contributed by atoms with Gasteiger partial charge in [-0.15, -0.1) is 0 Å². The van der Waals surface area contributed by atoms with Crippen LogP contribution in [0.4, 0.5) is 11.4 Å². The molecule has 1 saturated heterocycles. The number of amidine groups is 1. The van der Waals surface area contributed by atoms with E-state index in [4.69, 9.17) is 0 Å². The Morgan fingerprint density at radius 3 is 2.72 bits per heavy atom. The molecule has 0 aliphatic carbocycles. The van der Waals surface area contributed by atoms with Crippen molar-refractivity contribution in [1.29, 1.82) is 0 Å². The summed E-state index contributed by atoms with van der Waals surface area (Å²) in [5.74, 6) is -0.562. The summed E-state index contributed by atoms with van der Waals surface area (Å²) < 4.78 is 0. The number of amides is 1. The van der Waals surface area contributed by atoms with Crippen molar-refractivity contribution in [2.75, 3.05) is 0 Å². The molecule has 126 valence electrons. The lowest BCUT2D eigenvalue weighted by Crippen LogP contribution is -2.19. The molecule has 2 aromatic carbocycles. The number of nitrogens with one attached hydrogen (secondary N) is 1. The summed E-state index contributed by atoms with van der Waals surface area (Å²) in [5.41, 5.74) is 0.425. The number of hydrogen-bond donors (Lipinski definition) is 3. The van der Waals surface area contributed by atoms with E-state index in [1.165, 1.54) is 36.4 Å². The summed E-state index contributed by atoms with van der Waals surface area (Å²) in [4.78, 5) is 26.7. The van der Waals surface area contributed by atoms with E-state index in [1.54, 1.807) is 12.1 Å². The Balaban J connectivity index is 1.89. The number of aromatic hydroxyl groups is 2. The first-order valence-corrected chi connectivity index (χ1v) is 7.80. The van der Waals surface area contributed by atoms with Gasteiger partial charge in [0.2, 0.25) is 0 Å². The normalized spacial score (nSPS) is 17.0. The number of phenolic OH excluding ortho intramolecular Hbond substituents is 2. The van der Waals surface area contributed by atoms with Crippen LogP contribution in [-0.2, 0) is 4.79 Å². The molecule has 3 rings (SSSR count). The van der Waals surface area contributed by atoms with Gasteiger partial charge >= 0.3 is 0 Å². The second kappa shape index (κ2) is 6.65. The lowest BCUT2D eigenvalue weighted by molar-refractivity contribution is -0.384. The highest BCUT2D eigenvalue weighted by molar-refractivity contribution is 8.18. The molecule has 8 nitrogen and oxygen atoms in total. The molecule has 0 saturated carbocycles. The minimum atomic E-state index is -0.585. The van der Waals surface area contributed by atoms with E-state index in [0.717, 1.165) is 11.8 Å². The summed E-state index contributed by atoms with van der Waals surface area (Å²) >= 11 is 1.03. The van der Waals surface area contributed by atoms with Crippen LogP contribution in [0.15, 0.2) is 52.4 Å². The molecule has 0 atom stereocenters. The average molecular weight is 357 g/mol. The molecule has 0 unspecified atom stereocenters. The first kappa shape index (κ1) is 16.5. The van der Waals surface area contributed by atoms with Crippen molar-refractivity contribution in [2.45, 2.75) is 0 Å². The Bertz CT molecular complexity index is 939. The molecule has 1 aliphatic rings. The van der Waals surface area contributed by atoms with Crippen molar-refractivity contribution in [2.24, 2.45) is 4.99 Å². The maximum absolute atomic E-state index is 12.0. The first-order valence-electron chi connectivity index (χ1n) is 6.98. The van der Waals surface area contributed by atoms with Crippen LogP contribution < -0.4 is 5.32 Å². The maximum Gasteiger partial charge on any atom is 0.270 e. The molecule has 0 bridgehead atoms.